The van der Waals surface area contributed by atoms with Crippen LogP contribution in [0.4, 0.5) is 13.2 Å². The zero-order valence-electron chi connectivity index (χ0n) is 21.3. The zero-order valence-corrected chi connectivity index (χ0v) is 22.3. The lowest BCUT2D eigenvalue weighted by Gasteiger charge is -2.24. The second-order valence-corrected chi connectivity index (χ2v) is 15.7. The molecular formula is C30H30F3NSi. The van der Waals surface area contributed by atoms with Gasteiger partial charge >= 0.3 is 6.18 Å². The van der Waals surface area contributed by atoms with Gasteiger partial charge in [0.15, 0.2) is 0 Å². The Balaban J connectivity index is 2.28. The van der Waals surface area contributed by atoms with Crippen LogP contribution in [0.15, 0.2) is 42.5 Å². The molecule has 0 spiro atoms. The quantitative estimate of drug-likeness (QED) is 0.175. The Morgan fingerprint density at radius 1 is 0.914 bits per heavy atom. The molecule has 0 aliphatic heterocycles. The number of nitrogens with zero attached hydrogens (tertiary/aromatic N) is 1. The van der Waals surface area contributed by atoms with Crippen molar-refractivity contribution in [3.8, 4) is 0 Å². The molecule has 0 saturated heterocycles. The van der Waals surface area contributed by atoms with Crippen LogP contribution in [0.2, 0.25) is 19.6 Å². The van der Waals surface area contributed by atoms with Crippen LogP contribution in [0.1, 0.15) is 29.2 Å². The first-order valence-corrected chi connectivity index (χ1v) is 15.4. The average Bonchev–Trinajstić information content (AvgIpc) is 3.09. The van der Waals surface area contributed by atoms with E-state index in [-0.39, 0.29) is 5.56 Å². The van der Waals surface area contributed by atoms with E-state index in [1.807, 2.05) is 25.1 Å². The molecule has 0 fully saturated rings. The molecule has 2 heterocycles. The lowest BCUT2D eigenvalue weighted by molar-refractivity contribution is -0.0689. The van der Waals surface area contributed by atoms with Crippen molar-refractivity contribution in [2.45, 2.75) is 53.5 Å². The summed E-state index contributed by atoms with van der Waals surface area (Å²) in [6, 6.07) is 12.2. The summed E-state index contributed by atoms with van der Waals surface area (Å²) in [5.41, 5.74) is 5.81. The van der Waals surface area contributed by atoms with E-state index < -0.39 is 19.8 Å². The van der Waals surface area contributed by atoms with E-state index in [0.717, 1.165) is 54.6 Å². The zero-order chi connectivity index (χ0) is 25.6. The van der Waals surface area contributed by atoms with Crippen LogP contribution in [0.3, 0.4) is 0 Å². The van der Waals surface area contributed by atoms with Crippen LogP contribution >= 0.6 is 0 Å². The number of para-hydroxylation sites is 1. The molecule has 0 unspecified atom stereocenters. The molecule has 5 aromatic rings. The first-order chi connectivity index (χ1) is 16.3. The highest BCUT2D eigenvalue weighted by atomic mass is 28.3. The number of aryl methyl sites for hydroxylation is 3. The molecular weight excluding hydrogens is 459 g/mol. The minimum Gasteiger partial charge on any atom is -0.308 e. The molecule has 0 bridgehead atoms. The normalized spacial score (nSPS) is 13.7. The number of hydrogen-bond acceptors (Lipinski definition) is 0. The van der Waals surface area contributed by atoms with Crippen molar-refractivity contribution in [3.63, 3.8) is 0 Å². The van der Waals surface area contributed by atoms with Gasteiger partial charge in [-0.25, -0.2) is 0 Å². The molecule has 180 valence electrons. The molecule has 5 rings (SSSR count). The summed E-state index contributed by atoms with van der Waals surface area (Å²) in [4.78, 5) is 0. The van der Waals surface area contributed by atoms with Crippen molar-refractivity contribution in [1.29, 1.82) is 0 Å². The largest absolute Gasteiger partial charge is 0.416 e. The highest BCUT2D eigenvalue weighted by Crippen LogP contribution is 2.42. The van der Waals surface area contributed by atoms with Crippen LogP contribution < -0.4 is 10.4 Å². The highest BCUT2D eigenvalue weighted by molar-refractivity contribution is 6.90. The number of benzene rings is 3. The predicted molar refractivity (Wildman–Crippen MR) is 148 cm³/mol. The molecule has 5 heteroatoms. The van der Waals surface area contributed by atoms with Gasteiger partial charge in [0.2, 0.25) is 0 Å². The Morgan fingerprint density at radius 2 is 1.57 bits per heavy atom. The van der Waals surface area contributed by atoms with Crippen molar-refractivity contribution in [2.24, 2.45) is 0 Å². The van der Waals surface area contributed by atoms with Gasteiger partial charge in [-0.1, -0.05) is 62.6 Å². The van der Waals surface area contributed by atoms with Gasteiger partial charge in [-0.05, 0) is 66.4 Å². The van der Waals surface area contributed by atoms with Gasteiger partial charge < -0.3 is 4.40 Å². The van der Waals surface area contributed by atoms with Crippen LogP contribution in [-0.2, 0) is 0 Å². The molecule has 0 radical (unpaired) electrons. The lowest BCUT2D eigenvalue weighted by Crippen LogP contribution is -2.39. The first-order valence-electron chi connectivity index (χ1n) is 11.9. The molecule has 0 saturated carbocycles. The summed E-state index contributed by atoms with van der Waals surface area (Å²) in [6.45, 7) is 18.7. The lowest BCUT2D eigenvalue weighted by atomic mass is 9.92. The summed E-state index contributed by atoms with van der Waals surface area (Å²) in [5.74, 6) is 0. The highest BCUT2D eigenvalue weighted by Gasteiger charge is 2.37. The van der Waals surface area contributed by atoms with Crippen molar-refractivity contribution in [2.75, 3.05) is 0 Å². The molecule has 0 aliphatic rings. The minimum atomic E-state index is -4.47. The van der Waals surface area contributed by atoms with Gasteiger partial charge in [-0.2, -0.15) is 13.2 Å². The van der Waals surface area contributed by atoms with Crippen LogP contribution in [-0.4, -0.2) is 18.7 Å². The monoisotopic (exact) mass is 489 g/mol. The number of alkyl halides is 3. The van der Waals surface area contributed by atoms with Crippen molar-refractivity contribution in [1.82, 2.24) is 4.40 Å². The molecule has 3 aromatic carbocycles. The Kier molecular flexibility index (Phi) is 5.05. The summed E-state index contributed by atoms with van der Waals surface area (Å²) in [5, 5.41) is 5.41. The van der Waals surface area contributed by atoms with Gasteiger partial charge in [-0.3, -0.25) is 0 Å². The number of pyridine rings is 1. The van der Waals surface area contributed by atoms with Crippen LogP contribution in [0.25, 0.3) is 50.2 Å². The Bertz CT molecular complexity index is 1760. The Hall–Kier alpha value is -3.05. The van der Waals surface area contributed by atoms with Gasteiger partial charge in [0, 0.05) is 21.5 Å². The second kappa shape index (κ2) is 7.47. The van der Waals surface area contributed by atoms with Gasteiger partial charge in [0.05, 0.1) is 30.2 Å². The van der Waals surface area contributed by atoms with Crippen LogP contribution in [0.5, 0.6) is 0 Å². The van der Waals surface area contributed by atoms with E-state index in [4.69, 9.17) is 0 Å². The summed E-state index contributed by atoms with van der Waals surface area (Å²) in [7, 11) is -2.05. The summed E-state index contributed by atoms with van der Waals surface area (Å²) in [6.07, 6.45) is -3.26. The van der Waals surface area contributed by atoms with Crippen molar-refractivity contribution < 1.29 is 13.2 Å². The Labute approximate surface area is 204 Å². The Morgan fingerprint density at radius 3 is 2.17 bits per heavy atom. The van der Waals surface area contributed by atoms with Gasteiger partial charge in [0.1, 0.15) is 0 Å². The predicted octanol–water partition coefficient (Wildman–Crippen LogP) is 7.96. The first kappa shape index (κ1) is 23.7. The van der Waals surface area contributed by atoms with E-state index in [2.05, 4.69) is 62.7 Å². The standard InChI is InChI=1S/C30H30F3NSi/c1-9-22(30(31,32)33)21-15-24(35(6,7)8)27-20-12-10-11-13-23(20)34-28-17(3)14-16(2)18(4)25(28)19(5)26(21)29(27)34/h9-15H,5H2,1-4,6-8H3/b22-9+. The second-order valence-electron chi connectivity index (χ2n) is 10.7. The fourth-order valence-corrected chi connectivity index (χ4v) is 7.42. The topological polar surface area (TPSA) is 4.41 Å². The molecule has 2 aromatic heterocycles. The number of fused-ring (bicyclic) bond motifs is 5. The number of halogens is 3. The average molecular weight is 490 g/mol. The maximum absolute atomic E-state index is 14.4. The molecule has 0 amide bonds. The SMILES string of the molecule is C=c1c2c(C)c(C)cc(C)c2n2c3ccccc3c3c([Si](C)(C)C)cc(/C(=C\C)C(F)(F)F)c1c32. The third kappa shape index (κ3) is 3.21. The molecule has 35 heavy (non-hydrogen) atoms. The number of hydrogen-bond donors (Lipinski definition) is 0. The van der Waals surface area contributed by atoms with Crippen molar-refractivity contribution >= 4 is 63.5 Å². The van der Waals surface area contributed by atoms with Crippen LogP contribution in [0, 0.1) is 20.8 Å². The van der Waals surface area contributed by atoms with E-state index in [0.29, 0.717) is 10.6 Å². The van der Waals surface area contributed by atoms with E-state index in [1.165, 1.54) is 13.0 Å². The van der Waals surface area contributed by atoms with E-state index >= 15 is 0 Å². The van der Waals surface area contributed by atoms with E-state index in [9.17, 15) is 13.2 Å². The summed E-state index contributed by atoms with van der Waals surface area (Å²) >= 11 is 0. The maximum atomic E-state index is 14.4. The number of aromatic nitrogens is 1. The fraction of sp³-hybridized carbons (Fsp3) is 0.267. The van der Waals surface area contributed by atoms with E-state index in [1.54, 1.807) is 0 Å². The fourth-order valence-electron chi connectivity index (χ4n) is 5.83. The molecule has 0 aliphatic carbocycles. The summed E-state index contributed by atoms with van der Waals surface area (Å²) < 4.78 is 45.4. The molecule has 0 atom stereocenters. The van der Waals surface area contributed by atoms with Crippen molar-refractivity contribution in [3.05, 3.63) is 69.9 Å². The number of rotatable bonds is 2. The number of allylic oxidation sites excluding steroid dienone is 2. The van der Waals surface area contributed by atoms with Gasteiger partial charge in [-0.15, -0.1) is 0 Å². The molecule has 0 N–H and O–H groups in total. The molecule has 1 nitrogen and oxygen atoms in total. The third-order valence-corrected chi connectivity index (χ3v) is 9.48. The van der Waals surface area contributed by atoms with Gasteiger partial charge in [0.25, 0.3) is 0 Å². The minimum absolute atomic E-state index is 0.239. The smallest absolute Gasteiger partial charge is 0.308 e. The third-order valence-electron chi connectivity index (χ3n) is 7.47. The maximum Gasteiger partial charge on any atom is 0.416 e.